The minimum absolute atomic E-state index is 0.0704. The molecule has 0 saturated heterocycles. The van der Waals surface area contributed by atoms with Crippen molar-refractivity contribution in [2.75, 3.05) is 25.1 Å². The lowest BCUT2D eigenvalue weighted by molar-refractivity contribution is -0.144. The number of fused-ring (bicyclic) bond motifs is 1. The number of aryl methyl sites for hydroxylation is 1. The van der Waals surface area contributed by atoms with Gasteiger partial charge in [0.05, 0.1) is 0 Å². The Labute approximate surface area is 132 Å². The van der Waals surface area contributed by atoms with Crippen LogP contribution in [0.25, 0.3) is 5.78 Å². The molecule has 0 spiro atoms. The highest BCUT2D eigenvalue weighted by Crippen LogP contribution is 2.27. The molecule has 9 heteroatoms. The first-order valence-electron chi connectivity index (χ1n) is 7.55. The van der Waals surface area contributed by atoms with E-state index in [1.165, 1.54) is 0 Å². The molecule has 0 bridgehead atoms. The first kappa shape index (κ1) is 17.5. The van der Waals surface area contributed by atoms with E-state index < -0.39 is 12.0 Å². The molecular weight excluding hydrogens is 311 g/mol. The fourth-order valence-electron chi connectivity index (χ4n) is 1.97. The van der Waals surface area contributed by atoms with E-state index in [0.717, 1.165) is 30.4 Å². The van der Waals surface area contributed by atoms with Crippen LogP contribution in [0, 0.1) is 6.92 Å². The van der Waals surface area contributed by atoms with E-state index in [-0.39, 0.29) is 5.78 Å². The SMILES string of the molecule is CCCCOCCCNc1cc(C)nc2nc(C(F)(F)F)nn12. The van der Waals surface area contributed by atoms with Gasteiger partial charge in [0.25, 0.3) is 11.6 Å². The quantitative estimate of drug-likeness (QED) is 0.753. The Hall–Kier alpha value is -1.90. The molecule has 0 saturated carbocycles. The van der Waals surface area contributed by atoms with Crippen molar-refractivity contribution in [1.29, 1.82) is 0 Å². The molecule has 128 valence electrons. The standard InChI is InChI=1S/C14H20F3N5O/c1-3-4-7-23-8-5-6-18-11-9-10(2)19-13-20-12(14(15,16)17)21-22(11)13/h9,18H,3-8H2,1-2H3. The summed E-state index contributed by atoms with van der Waals surface area (Å²) in [7, 11) is 0. The molecule has 2 aromatic heterocycles. The van der Waals surface area contributed by atoms with Crippen LogP contribution in [0.1, 0.15) is 37.7 Å². The molecule has 0 atom stereocenters. The summed E-state index contributed by atoms with van der Waals surface area (Å²) >= 11 is 0. The molecule has 0 radical (unpaired) electrons. The molecule has 0 unspecified atom stereocenters. The van der Waals surface area contributed by atoms with E-state index in [2.05, 4.69) is 27.3 Å². The van der Waals surface area contributed by atoms with Crippen LogP contribution in [0.3, 0.4) is 0 Å². The van der Waals surface area contributed by atoms with Gasteiger partial charge in [0, 0.05) is 31.5 Å². The summed E-state index contributed by atoms with van der Waals surface area (Å²) in [6.07, 6.45) is -1.74. The molecule has 0 fully saturated rings. The van der Waals surface area contributed by atoms with E-state index in [0.29, 0.717) is 24.7 Å². The second-order valence-corrected chi connectivity index (χ2v) is 5.17. The van der Waals surface area contributed by atoms with Gasteiger partial charge in [-0.15, -0.1) is 5.10 Å². The van der Waals surface area contributed by atoms with Gasteiger partial charge in [0.1, 0.15) is 5.82 Å². The molecule has 2 rings (SSSR count). The number of ether oxygens (including phenoxy) is 1. The predicted molar refractivity (Wildman–Crippen MR) is 79.4 cm³/mol. The lowest BCUT2D eigenvalue weighted by Crippen LogP contribution is -2.11. The molecule has 0 aliphatic rings. The zero-order valence-corrected chi connectivity index (χ0v) is 13.2. The van der Waals surface area contributed by atoms with Crippen LogP contribution in [-0.2, 0) is 10.9 Å². The number of halogens is 3. The van der Waals surface area contributed by atoms with Gasteiger partial charge in [-0.05, 0) is 19.8 Å². The van der Waals surface area contributed by atoms with Gasteiger partial charge >= 0.3 is 6.18 Å². The highest BCUT2D eigenvalue weighted by molar-refractivity contribution is 5.45. The Morgan fingerprint density at radius 2 is 1.96 bits per heavy atom. The Morgan fingerprint density at radius 3 is 2.65 bits per heavy atom. The maximum Gasteiger partial charge on any atom is 0.453 e. The topological polar surface area (TPSA) is 64.3 Å². The van der Waals surface area contributed by atoms with Crippen molar-refractivity contribution in [3.05, 3.63) is 17.6 Å². The highest BCUT2D eigenvalue weighted by Gasteiger charge is 2.36. The van der Waals surface area contributed by atoms with Crippen LogP contribution in [0.4, 0.5) is 19.0 Å². The summed E-state index contributed by atoms with van der Waals surface area (Å²) in [4.78, 5) is 7.41. The van der Waals surface area contributed by atoms with Gasteiger partial charge in [0.15, 0.2) is 0 Å². The number of hydrogen-bond donors (Lipinski definition) is 1. The van der Waals surface area contributed by atoms with Crippen LogP contribution in [0.2, 0.25) is 0 Å². The van der Waals surface area contributed by atoms with Crippen LogP contribution in [-0.4, -0.2) is 39.3 Å². The minimum atomic E-state index is -4.59. The Bertz CT molecular complexity index is 641. The molecule has 2 aromatic rings. The van der Waals surface area contributed by atoms with Crippen molar-refractivity contribution in [3.63, 3.8) is 0 Å². The van der Waals surface area contributed by atoms with Gasteiger partial charge < -0.3 is 10.1 Å². The molecule has 0 amide bonds. The van der Waals surface area contributed by atoms with E-state index in [1.807, 2.05) is 0 Å². The summed E-state index contributed by atoms with van der Waals surface area (Å²) in [5, 5.41) is 6.55. The zero-order valence-electron chi connectivity index (χ0n) is 13.2. The number of hydrogen-bond acceptors (Lipinski definition) is 5. The van der Waals surface area contributed by atoms with E-state index in [1.54, 1.807) is 13.0 Å². The van der Waals surface area contributed by atoms with Crippen LogP contribution >= 0.6 is 0 Å². The fraction of sp³-hybridized carbons (Fsp3) is 0.643. The average Bonchev–Trinajstić information content (AvgIpc) is 2.90. The number of unbranched alkanes of at least 4 members (excludes halogenated alkanes) is 1. The van der Waals surface area contributed by atoms with Crippen molar-refractivity contribution in [2.45, 2.75) is 39.3 Å². The lowest BCUT2D eigenvalue weighted by Gasteiger charge is -2.09. The predicted octanol–water partition coefficient (Wildman–Crippen LogP) is 3.07. The first-order valence-corrected chi connectivity index (χ1v) is 7.55. The van der Waals surface area contributed by atoms with Gasteiger partial charge in [-0.1, -0.05) is 13.3 Å². The normalized spacial score (nSPS) is 12.0. The smallest absolute Gasteiger partial charge is 0.381 e. The molecule has 2 heterocycles. The van der Waals surface area contributed by atoms with Gasteiger partial charge in [-0.25, -0.2) is 4.98 Å². The van der Waals surface area contributed by atoms with Crippen molar-refractivity contribution in [2.24, 2.45) is 0 Å². The molecule has 0 aromatic carbocycles. The zero-order chi connectivity index (χ0) is 16.9. The number of nitrogens with one attached hydrogen (secondary N) is 1. The lowest BCUT2D eigenvalue weighted by atomic mass is 10.3. The molecule has 0 aliphatic carbocycles. The average molecular weight is 331 g/mol. The van der Waals surface area contributed by atoms with E-state index >= 15 is 0 Å². The minimum Gasteiger partial charge on any atom is -0.381 e. The summed E-state index contributed by atoms with van der Waals surface area (Å²) in [6, 6.07) is 1.64. The molecule has 6 nitrogen and oxygen atoms in total. The van der Waals surface area contributed by atoms with Crippen LogP contribution in [0.5, 0.6) is 0 Å². The largest absolute Gasteiger partial charge is 0.453 e. The summed E-state index contributed by atoms with van der Waals surface area (Å²) in [5.74, 6) is -0.829. The highest BCUT2D eigenvalue weighted by atomic mass is 19.4. The number of alkyl halides is 3. The summed E-state index contributed by atoms with van der Waals surface area (Å²) < 4.78 is 44.6. The summed E-state index contributed by atoms with van der Waals surface area (Å²) in [6.45, 7) is 5.68. The third-order valence-electron chi connectivity index (χ3n) is 3.11. The van der Waals surface area contributed by atoms with Crippen molar-refractivity contribution >= 4 is 11.6 Å². The molecule has 23 heavy (non-hydrogen) atoms. The second-order valence-electron chi connectivity index (χ2n) is 5.17. The first-order chi connectivity index (χ1) is 10.9. The number of rotatable bonds is 8. The second kappa shape index (κ2) is 7.58. The monoisotopic (exact) mass is 331 g/mol. The third kappa shape index (κ3) is 4.78. The molecule has 1 N–H and O–H groups in total. The number of aromatic nitrogens is 4. The summed E-state index contributed by atoms with van der Waals surface area (Å²) in [5.41, 5.74) is 0.570. The van der Waals surface area contributed by atoms with Crippen LogP contribution < -0.4 is 5.32 Å². The Morgan fingerprint density at radius 1 is 1.22 bits per heavy atom. The van der Waals surface area contributed by atoms with Crippen molar-refractivity contribution in [3.8, 4) is 0 Å². The van der Waals surface area contributed by atoms with Gasteiger partial charge in [0.2, 0.25) is 0 Å². The van der Waals surface area contributed by atoms with E-state index in [9.17, 15) is 13.2 Å². The Balaban J connectivity index is 2.01. The maximum atomic E-state index is 12.7. The van der Waals surface area contributed by atoms with Gasteiger partial charge in [-0.2, -0.15) is 22.7 Å². The number of anilines is 1. The molecule has 0 aliphatic heterocycles. The molecular formula is C14H20F3N5O. The fourth-order valence-corrected chi connectivity index (χ4v) is 1.97. The van der Waals surface area contributed by atoms with Gasteiger partial charge in [-0.3, -0.25) is 0 Å². The number of nitrogens with zero attached hydrogens (tertiary/aromatic N) is 4. The van der Waals surface area contributed by atoms with Crippen LogP contribution in [0.15, 0.2) is 6.07 Å². The van der Waals surface area contributed by atoms with Crippen molar-refractivity contribution < 1.29 is 17.9 Å². The van der Waals surface area contributed by atoms with Crippen molar-refractivity contribution in [1.82, 2.24) is 19.6 Å². The maximum absolute atomic E-state index is 12.7. The third-order valence-corrected chi connectivity index (χ3v) is 3.11. The van der Waals surface area contributed by atoms with E-state index in [4.69, 9.17) is 4.74 Å². The Kier molecular flexibility index (Phi) is 5.75.